The molecule has 2 nitrogen and oxygen atoms in total. The third-order valence-electron chi connectivity index (χ3n) is 3.52. The number of ketones is 2. The van der Waals surface area contributed by atoms with Crippen molar-refractivity contribution in [3.8, 4) is 0 Å². The van der Waals surface area contributed by atoms with Crippen molar-refractivity contribution in [3.63, 3.8) is 0 Å². The van der Waals surface area contributed by atoms with E-state index in [0.717, 1.165) is 19.3 Å². The number of carbonyl (C=O) groups excluding carboxylic acids is 2. The first-order chi connectivity index (χ1) is 10.2. The number of unbranched alkanes of at least 4 members (excludes halogenated alkanes) is 2. The van der Waals surface area contributed by atoms with E-state index in [1.165, 1.54) is 0 Å². The molecule has 2 rings (SSSR count). The Kier molecular flexibility index (Phi) is 5.44. The van der Waals surface area contributed by atoms with Gasteiger partial charge < -0.3 is 0 Å². The minimum absolute atomic E-state index is 0.0586. The first kappa shape index (κ1) is 15.2. The lowest BCUT2D eigenvalue weighted by molar-refractivity contribution is 0.0964. The van der Waals surface area contributed by atoms with Gasteiger partial charge in [0.2, 0.25) is 0 Å². The third kappa shape index (κ3) is 3.88. The molecule has 0 radical (unpaired) electrons. The summed E-state index contributed by atoms with van der Waals surface area (Å²) in [6.45, 7) is 2.11. The Balaban J connectivity index is 2.25. The van der Waals surface area contributed by atoms with Crippen molar-refractivity contribution in [3.05, 3.63) is 71.3 Å². The van der Waals surface area contributed by atoms with Crippen molar-refractivity contribution in [1.82, 2.24) is 0 Å². The van der Waals surface area contributed by atoms with Crippen LogP contribution in [0.4, 0.5) is 0 Å². The number of hydrogen-bond donors (Lipinski definition) is 0. The SMILES string of the molecule is CCCCCC(=O)c1ccccc1C(=O)c1ccccc1. The van der Waals surface area contributed by atoms with Crippen LogP contribution in [-0.4, -0.2) is 11.6 Å². The fourth-order valence-electron chi connectivity index (χ4n) is 2.34. The molecule has 0 aliphatic heterocycles. The first-order valence-electron chi connectivity index (χ1n) is 7.46. The summed E-state index contributed by atoms with van der Waals surface area (Å²) in [4.78, 5) is 24.9. The van der Waals surface area contributed by atoms with Gasteiger partial charge in [0.1, 0.15) is 0 Å². The second-order valence-corrected chi connectivity index (χ2v) is 5.12. The molecule has 0 atom stereocenters. The monoisotopic (exact) mass is 280 g/mol. The van der Waals surface area contributed by atoms with Gasteiger partial charge in [-0.25, -0.2) is 0 Å². The average Bonchev–Trinajstić information content (AvgIpc) is 2.55. The van der Waals surface area contributed by atoms with Crippen LogP contribution in [0.2, 0.25) is 0 Å². The molecular formula is C19H20O2. The molecule has 0 saturated heterocycles. The van der Waals surface area contributed by atoms with Crippen molar-refractivity contribution in [2.24, 2.45) is 0 Å². The van der Waals surface area contributed by atoms with E-state index in [2.05, 4.69) is 6.92 Å². The molecule has 21 heavy (non-hydrogen) atoms. The van der Waals surface area contributed by atoms with Crippen LogP contribution in [0.15, 0.2) is 54.6 Å². The molecule has 0 heterocycles. The van der Waals surface area contributed by atoms with Gasteiger partial charge in [-0.2, -0.15) is 0 Å². The van der Waals surface area contributed by atoms with Crippen LogP contribution in [0.3, 0.4) is 0 Å². The van der Waals surface area contributed by atoms with Gasteiger partial charge in [-0.3, -0.25) is 9.59 Å². The van der Waals surface area contributed by atoms with Gasteiger partial charge in [-0.05, 0) is 6.42 Å². The molecule has 0 aromatic heterocycles. The Hall–Kier alpha value is -2.22. The van der Waals surface area contributed by atoms with E-state index in [1.807, 2.05) is 24.3 Å². The fourth-order valence-corrected chi connectivity index (χ4v) is 2.34. The summed E-state index contributed by atoms with van der Waals surface area (Å²) in [5.41, 5.74) is 1.67. The Labute approximate surface area is 125 Å². The second-order valence-electron chi connectivity index (χ2n) is 5.12. The van der Waals surface area contributed by atoms with Crippen molar-refractivity contribution in [1.29, 1.82) is 0 Å². The molecule has 0 aliphatic rings. The number of benzene rings is 2. The van der Waals surface area contributed by atoms with E-state index in [0.29, 0.717) is 23.1 Å². The highest BCUT2D eigenvalue weighted by Gasteiger charge is 2.17. The molecule has 0 fully saturated rings. The minimum Gasteiger partial charge on any atom is -0.294 e. The molecule has 0 amide bonds. The molecular weight excluding hydrogens is 260 g/mol. The summed E-state index contributed by atoms with van der Waals surface area (Å²) in [7, 11) is 0. The molecule has 0 aliphatic carbocycles. The first-order valence-corrected chi connectivity index (χ1v) is 7.46. The maximum absolute atomic E-state index is 12.5. The predicted octanol–water partition coefficient (Wildman–Crippen LogP) is 4.68. The molecule has 108 valence electrons. The lowest BCUT2D eigenvalue weighted by Gasteiger charge is -2.08. The number of Topliss-reactive ketones (excluding diaryl/α,β-unsaturated/α-hetero) is 1. The van der Waals surface area contributed by atoms with Crippen LogP contribution in [0.25, 0.3) is 0 Å². The van der Waals surface area contributed by atoms with Crippen molar-refractivity contribution >= 4 is 11.6 Å². The van der Waals surface area contributed by atoms with Gasteiger partial charge in [0.05, 0.1) is 0 Å². The molecule has 2 aromatic rings. The van der Waals surface area contributed by atoms with Crippen LogP contribution in [0.1, 0.15) is 58.9 Å². The van der Waals surface area contributed by atoms with E-state index in [9.17, 15) is 9.59 Å². The zero-order valence-corrected chi connectivity index (χ0v) is 12.3. The van der Waals surface area contributed by atoms with Crippen LogP contribution in [0, 0.1) is 0 Å². The Morgan fingerprint density at radius 3 is 2.10 bits per heavy atom. The van der Waals surface area contributed by atoms with Gasteiger partial charge in [-0.1, -0.05) is 74.4 Å². The van der Waals surface area contributed by atoms with E-state index >= 15 is 0 Å². The quantitative estimate of drug-likeness (QED) is 0.545. The highest BCUT2D eigenvalue weighted by molar-refractivity contribution is 6.15. The standard InChI is InChI=1S/C19H20O2/c1-2-3-5-14-18(20)16-12-8-9-13-17(16)19(21)15-10-6-4-7-11-15/h4,6-13H,2-3,5,14H2,1H3. The summed E-state index contributed by atoms with van der Waals surface area (Å²) in [6.07, 6.45) is 3.51. The van der Waals surface area contributed by atoms with Gasteiger partial charge in [-0.15, -0.1) is 0 Å². The van der Waals surface area contributed by atoms with Gasteiger partial charge >= 0.3 is 0 Å². The van der Waals surface area contributed by atoms with Crippen LogP contribution in [-0.2, 0) is 0 Å². The van der Waals surface area contributed by atoms with E-state index in [4.69, 9.17) is 0 Å². The molecule has 2 aromatic carbocycles. The maximum Gasteiger partial charge on any atom is 0.193 e. The topological polar surface area (TPSA) is 34.1 Å². The lowest BCUT2D eigenvalue weighted by Crippen LogP contribution is -2.10. The van der Waals surface area contributed by atoms with Crippen molar-refractivity contribution < 1.29 is 9.59 Å². The maximum atomic E-state index is 12.5. The van der Waals surface area contributed by atoms with Gasteiger partial charge in [0.15, 0.2) is 11.6 Å². The van der Waals surface area contributed by atoms with Crippen molar-refractivity contribution in [2.75, 3.05) is 0 Å². The molecule has 0 saturated carbocycles. The molecule has 0 N–H and O–H groups in total. The Morgan fingerprint density at radius 2 is 1.43 bits per heavy atom. The zero-order chi connectivity index (χ0) is 15.1. The van der Waals surface area contributed by atoms with Crippen LogP contribution >= 0.6 is 0 Å². The summed E-state index contributed by atoms with van der Waals surface area (Å²) >= 11 is 0. The molecule has 2 heteroatoms. The largest absolute Gasteiger partial charge is 0.294 e. The highest BCUT2D eigenvalue weighted by atomic mass is 16.1. The third-order valence-corrected chi connectivity index (χ3v) is 3.52. The highest BCUT2D eigenvalue weighted by Crippen LogP contribution is 2.17. The Morgan fingerprint density at radius 1 is 0.810 bits per heavy atom. The van der Waals surface area contributed by atoms with Crippen LogP contribution < -0.4 is 0 Å². The average molecular weight is 280 g/mol. The minimum atomic E-state index is -0.0879. The summed E-state index contributed by atoms with van der Waals surface area (Å²) < 4.78 is 0. The zero-order valence-electron chi connectivity index (χ0n) is 12.3. The van der Waals surface area contributed by atoms with Crippen LogP contribution in [0.5, 0.6) is 0 Å². The number of rotatable bonds is 7. The smallest absolute Gasteiger partial charge is 0.193 e. The van der Waals surface area contributed by atoms with E-state index < -0.39 is 0 Å². The second kappa shape index (κ2) is 7.53. The number of hydrogen-bond acceptors (Lipinski definition) is 2. The van der Waals surface area contributed by atoms with E-state index in [-0.39, 0.29) is 11.6 Å². The number of carbonyl (C=O) groups is 2. The molecule has 0 bridgehead atoms. The van der Waals surface area contributed by atoms with E-state index in [1.54, 1.807) is 30.3 Å². The fraction of sp³-hybridized carbons (Fsp3) is 0.263. The normalized spacial score (nSPS) is 10.3. The summed E-state index contributed by atoms with van der Waals surface area (Å²) in [6, 6.07) is 16.2. The summed E-state index contributed by atoms with van der Waals surface area (Å²) in [5.74, 6) is -0.0293. The lowest BCUT2D eigenvalue weighted by atomic mass is 9.94. The van der Waals surface area contributed by atoms with Gasteiger partial charge in [0.25, 0.3) is 0 Å². The van der Waals surface area contributed by atoms with Crippen molar-refractivity contribution in [2.45, 2.75) is 32.6 Å². The predicted molar refractivity (Wildman–Crippen MR) is 84.8 cm³/mol. The summed E-state index contributed by atoms with van der Waals surface area (Å²) in [5, 5.41) is 0. The molecule has 0 unspecified atom stereocenters. The van der Waals surface area contributed by atoms with Gasteiger partial charge in [0, 0.05) is 23.1 Å². The Bertz CT molecular complexity index is 614. The molecule has 0 spiro atoms.